The quantitative estimate of drug-likeness (QED) is 0.686. The third-order valence-electron chi connectivity index (χ3n) is 5.38. The van der Waals surface area contributed by atoms with Gasteiger partial charge in [0.05, 0.1) is 32.0 Å². The number of nitrogens with two attached hydrogens (primary N) is 1. The zero-order chi connectivity index (χ0) is 20.4. The summed E-state index contributed by atoms with van der Waals surface area (Å²) in [4.78, 5) is 19.5. The molecule has 8 nitrogen and oxygen atoms in total. The van der Waals surface area contributed by atoms with Crippen molar-refractivity contribution in [2.45, 2.75) is 18.9 Å². The van der Waals surface area contributed by atoms with Gasteiger partial charge in [0.1, 0.15) is 11.5 Å². The van der Waals surface area contributed by atoms with Crippen LogP contribution in [-0.2, 0) is 6.54 Å². The molecule has 3 aromatic rings. The highest BCUT2D eigenvalue weighted by Crippen LogP contribution is 2.33. The standard InChI is InChI=1S/C21H25N5O3/c1-28-15-5-6-16(18(12-15)29-2)21(27)25-10-7-14(13-25)19-17-4-3-9-23-20(17)26(24-19)11-8-22/h3-6,9,12,14H,7-8,10-11,13,22H2,1-2H3/t14-/m0/s1. The molecule has 4 rings (SSSR count). The molecule has 1 atom stereocenters. The molecule has 1 aliphatic rings. The number of carbonyl (C=O) groups is 1. The number of rotatable bonds is 6. The average molecular weight is 395 g/mol. The van der Waals surface area contributed by atoms with Crippen molar-refractivity contribution in [1.82, 2.24) is 19.7 Å². The predicted molar refractivity (Wildman–Crippen MR) is 109 cm³/mol. The van der Waals surface area contributed by atoms with Crippen LogP contribution in [0.4, 0.5) is 0 Å². The third kappa shape index (κ3) is 3.51. The number of aromatic nitrogens is 3. The second-order valence-electron chi connectivity index (χ2n) is 7.07. The van der Waals surface area contributed by atoms with E-state index >= 15 is 0 Å². The topological polar surface area (TPSA) is 95.5 Å². The van der Waals surface area contributed by atoms with Gasteiger partial charge in [-0.05, 0) is 30.7 Å². The molecule has 1 aliphatic heterocycles. The minimum atomic E-state index is -0.0455. The van der Waals surface area contributed by atoms with E-state index in [4.69, 9.17) is 20.3 Å². The largest absolute Gasteiger partial charge is 0.497 e. The minimum Gasteiger partial charge on any atom is -0.497 e. The molecule has 1 fully saturated rings. The Bertz CT molecular complexity index is 1030. The van der Waals surface area contributed by atoms with Crippen LogP contribution in [0.2, 0.25) is 0 Å². The Hall–Kier alpha value is -3.13. The van der Waals surface area contributed by atoms with Crippen LogP contribution >= 0.6 is 0 Å². The van der Waals surface area contributed by atoms with Crippen molar-refractivity contribution in [2.75, 3.05) is 33.9 Å². The molecule has 2 aromatic heterocycles. The van der Waals surface area contributed by atoms with Gasteiger partial charge in [-0.3, -0.25) is 4.79 Å². The van der Waals surface area contributed by atoms with Crippen LogP contribution in [0, 0.1) is 0 Å². The SMILES string of the molecule is COc1ccc(C(=O)N2CC[C@H](c3nn(CCN)c4ncccc34)C2)c(OC)c1. The van der Waals surface area contributed by atoms with Crippen molar-refractivity contribution in [1.29, 1.82) is 0 Å². The van der Waals surface area contributed by atoms with Crippen molar-refractivity contribution in [3.63, 3.8) is 0 Å². The van der Waals surface area contributed by atoms with Gasteiger partial charge in [0, 0.05) is 43.2 Å². The number of pyridine rings is 1. The lowest BCUT2D eigenvalue weighted by atomic mass is 10.0. The number of methoxy groups -OCH3 is 2. The second kappa shape index (κ2) is 8.08. The molecule has 0 saturated carbocycles. The van der Waals surface area contributed by atoms with Gasteiger partial charge >= 0.3 is 0 Å². The Morgan fingerprint density at radius 3 is 2.90 bits per heavy atom. The van der Waals surface area contributed by atoms with Crippen molar-refractivity contribution in [3.8, 4) is 11.5 Å². The van der Waals surface area contributed by atoms with E-state index in [9.17, 15) is 4.79 Å². The average Bonchev–Trinajstić information content (AvgIpc) is 3.38. The summed E-state index contributed by atoms with van der Waals surface area (Å²) in [5.74, 6) is 1.28. The number of nitrogens with zero attached hydrogens (tertiary/aromatic N) is 4. The molecule has 0 spiro atoms. The predicted octanol–water partition coefficient (Wildman–Crippen LogP) is 2.04. The minimum absolute atomic E-state index is 0.0455. The maximum absolute atomic E-state index is 13.1. The molecular weight excluding hydrogens is 370 g/mol. The van der Waals surface area contributed by atoms with Gasteiger partial charge in [0.25, 0.3) is 5.91 Å². The molecular formula is C21H25N5O3. The number of hydrogen-bond acceptors (Lipinski definition) is 6. The molecule has 0 unspecified atom stereocenters. The molecule has 0 bridgehead atoms. The van der Waals surface area contributed by atoms with Crippen LogP contribution in [-0.4, -0.2) is 59.4 Å². The summed E-state index contributed by atoms with van der Waals surface area (Å²) in [6.07, 6.45) is 2.62. The summed E-state index contributed by atoms with van der Waals surface area (Å²) in [5.41, 5.74) is 8.09. The van der Waals surface area contributed by atoms with E-state index in [1.54, 1.807) is 38.6 Å². The summed E-state index contributed by atoms with van der Waals surface area (Å²) in [6.45, 7) is 2.40. The zero-order valence-electron chi connectivity index (χ0n) is 16.7. The highest BCUT2D eigenvalue weighted by atomic mass is 16.5. The number of ether oxygens (including phenoxy) is 2. The first kappa shape index (κ1) is 19.2. The molecule has 2 N–H and O–H groups in total. The van der Waals surface area contributed by atoms with Gasteiger partial charge < -0.3 is 20.1 Å². The fraction of sp³-hybridized carbons (Fsp3) is 0.381. The Morgan fingerprint density at radius 1 is 1.28 bits per heavy atom. The maximum atomic E-state index is 13.1. The van der Waals surface area contributed by atoms with Crippen LogP contribution in [0.15, 0.2) is 36.5 Å². The molecule has 3 heterocycles. The highest BCUT2D eigenvalue weighted by molar-refractivity contribution is 5.97. The van der Waals surface area contributed by atoms with Gasteiger partial charge in [-0.25, -0.2) is 9.67 Å². The first-order valence-electron chi connectivity index (χ1n) is 9.69. The van der Waals surface area contributed by atoms with E-state index in [-0.39, 0.29) is 11.8 Å². The van der Waals surface area contributed by atoms with E-state index in [0.29, 0.717) is 43.2 Å². The van der Waals surface area contributed by atoms with Crippen LogP contribution < -0.4 is 15.2 Å². The van der Waals surface area contributed by atoms with Crippen molar-refractivity contribution in [2.24, 2.45) is 5.73 Å². The van der Waals surface area contributed by atoms with Gasteiger partial charge in [-0.1, -0.05) is 0 Å². The van der Waals surface area contributed by atoms with Gasteiger partial charge in [0.2, 0.25) is 0 Å². The van der Waals surface area contributed by atoms with Crippen molar-refractivity contribution < 1.29 is 14.3 Å². The van der Waals surface area contributed by atoms with E-state index < -0.39 is 0 Å². The summed E-state index contributed by atoms with van der Waals surface area (Å²) in [5, 5.41) is 5.81. The Kier molecular flexibility index (Phi) is 5.35. The van der Waals surface area contributed by atoms with Crippen LogP contribution in [0.25, 0.3) is 11.0 Å². The molecule has 1 saturated heterocycles. The lowest BCUT2D eigenvalue weighted by Gasteiger charge is -2.18. The molecule has 152 valence electrons. The van der Waals surface area contributed by atoms with E-state index in [2.05, 4.69) is 4.98 Å². The van der Waals surface area contributed by atoms with E-state index in [1.165, 1.54) is 0 Å². The summed E-state index contributed by atoms with van der Waals surface area (Å²) in [6, 6.07) is 9.21. The summed E-state index contributed by atoms with van der Waals surface area (Å²) < 4.78 is 12.5. The molecule has 8 heteroatoms. The van der Waals surface area contributed by atoms with Gasteiger partial charge in [-0.15, -0.1) is 0 Å². The summed E-state index contributed by atoms with van der Waals surface area (Å²) >= 11 is 0. The third-order valence-corrected chi connectivity index (χ3v) is 5.38. The second-order valence-corrected chi connectivity index (χ2v) is 7.07. The monoisotopic (exact) mass is 395 g/mol. The first-order valence-corrected chi connectivity index (χ1v) is 9.69. The van der Waals surface area contributed by atoms with Gasteiger partial charge in [0.15, 0.2) is 5.65 Å². The Labute approximate surface area is 169 Å². The molecule has 1 amide bonds. The van der Waals surface area contributed by atoms with Crippen LogP contribution in [0.5, 0.6) is 11.5 Å². The number of carbonyl (C=O) groups excluding carboxylic acids is 1. The lowest BCUT2D eigenvalue weighted by Crippen LogP contribution is -2.28. The number of hydrogen-bond donors (Lipinski definition) is 1. The Balaban J connectivity index is 1.59. The number of amides is 1. The molecule has 0 aliphatic carbocycles. The van der Waals surface area contributed by atoms with E-state index in [1.807, 2.05) is 21.7 Å². The fourth-order valence-electron chi connectivity index (χ4n) is 3.93. The Morgan fingerprint density at radius 2 is 2.14 bits per heavy atom. The van der Waals surface area contributed by atoms with Crippen molar-refractivity contribution >= 4 is 16.9 Å². The molecule has 0 radical (unpaired) electrons. The zero-order valence-corrected chi connectivity index (χ0v) is 16.7. The van der Waals surface area contributed by atoms with Crippen LogP contribution in [0.3, 0.4) is 0 Å². The fourth-order valence-corrected chi connectivity index (χ4v) is 3.93. The smallest absolute Gasteiger partial charge is 0.257 e. The number of benzene rings is 1. The maximum Gasteiger partial charge on any atom is 0.257 e. The molecule has 1 aromatic carbocycles. The van der Waals surface area contributed by atoms with E-state index in [0.717, 1.165) is 23.1 Å². The lowest BCUT2D eigenvalue weighted by molar-refractivity contribution is 0.0787. The molecule has 29 heavy (non-hydrogen) atoms. The highest BCUT2D eigenvalue weighted by Gasteiger charge is 2.32. The van der Waals surface area contributed by atoms with Gasteiger partial charge in [-0.2, -0.15) is 5.10 Å². The van der Waals surface area contributed by atoms with Crippen molar-refractivity contribution in [3.05, 3.63) is 47.8 Å². The number of fused-ring (bicyclic) bond motifs is 1. The first-order chi connectivity index (χ1) is 14.2. The normalized spacial score (nSPS) is 16.4. The van der Waals surface area contributed by atoms with Crippen LogP contribution in [0.1, 0.15) is 28.4 Å². The number of likely N-dealkylation sites (tertiary alicyclic amines) is 1. The summed E-state index contributed by atoms with van der Waals surface area (Å²) in [7, 11) is 3.14.